The van der Waals surface area contributed by atoms with Crippen LogP contribution in [-0.4, -0.2) is 43.5 Å². The van der Waals surface area contributed by atoms with Crippen LogP contribution in [0.1, 0.15) is 51.4 Å². The van der Waals surface area contributed by atoms with Gasteiger partial charge in [-0.25, -0.2) is 0 Å². The molecule has 20 heavy (non-hydrogen) atoms. The van der Waals surface area contributed by atoms with Crippen molar-refractivity contribution < 1.29 is 4.79 Å². The fraction of sp³-hybridized carbons (Fsp3) is 0.938. The van der Waals surface area contributed by atoms with Crippen molar-refractivity contribution in [2.45, 2.75) is 56.9 Å². The largest absolute Gasteiger partial charge is 0.354 e. The summed E-state index contributed by atoms with van der Waals surface area (Å²) in [6, 6.07) is 0. The molecule has 0 aromatic heterocycles. The number of rotatable bonds is 5. The number of hydrogen-bond acceptors (Lipinski definition) is 3. The van der Waals surface area contributed by atoms with Crippen molar-refractivity contribution >= 4 is 5.91 Å². The topological polar surface area (TPSA) is 58.4 Å². The van der Waals surface area contributed by atoms with Crippen LogP contribution in [0, 0.1) is 11.8 Å². The Bertz CT molecular complexity index is 316. The highest BCUT2D eigenvalue weighted by atomic mass is 16.1. The van der Waals surface area contributed by atoms with Crippen molar-refractivity contribution in [2.24, 2.45) is 17.6 Å². The number of nitrogens with one attached hydrogen (secondary N) is 1. The van der Waals surface area contributed by atoms with Crippen molar-refractivity contribution in [3.8, 4) is 0 Å². The number of carbonyl (C=O) groups is 1. The van der Waals surface area contributed by atoms with Gasteiger partial charge in [0.15, 0.2) is 0 Å². The van der Waals surface area contributed by atoms with Gasteiger partial charge in [0.2, 0.25) is 5.91 Å². The number of amides is 1. The van der Waals surface area contributed by atoms with E-state index in [0.717, 1.165) is 38.8 Å². The summed E-state index contributed by atoms with van der Waals surface area (Å²) < 4.78 is 0. The molecule has 0 unspecified atom stereocenters. The highest BCUT2D eigenvalue weighted by Gasteiger charge is 2.36. The number of hydrogen-bond donors (Lipinski definition) is 2. The number of nitrogens with two attached hydrogens (primary N) is 1. The molecule has 4 nitrogen and oxygen atoms in total. The normalized spacial score (nSPS) is 29.6. The molecule has 0 saturated heterocycles. The van der Waals surface area contributed by atoms with Crippen LogP contribution in [0.5, 0.6) is 0 Å². The van der Waals surface area contributed by atoms with Crippen LogP contribution in [0.3, 0.4) is 0 Å². The Labute approximate surface area is 123 Å². The Morgan fingerprint density at radius 2 is 1.80 bits per heavy atom. The number of nitrogens with zero attached hydrogens (tertiary/aromatic N) is 1. The lowest BCUT2D eigenvalue weighted by molar-refractivity contribution is -0.126. The van der Waals surface area contributed by atoms with Gasteiger partial charge < -0.3 is 16.0 Å². The first-order valence-electron chi connectivity index (χ1n) is 8.22. The third kappa shape index (κ3) is 3.53. The Morgan fingerprint density at radius 1 is 1.20 bits per heavy atom. The fourth-order valence-corrected chi connectivity index (χ4v) is 3.87. The highest BCUT2D eigenvalue weighted by molar-refractivity contribution is 5.78. The molecule has 1 amide bonds. The SMILES string of the molecule is CN(C)C1(CNC(=O)C2CCC(CN)CC2)CCCC1. The van der Waals surface area contributed by atoms with Gasteiger partial charge in [0.05, 0.1) is 0 Å². The molecule has 2 saturated carbocycles. The molecule has 2 aliphatic rings. The first kappa shape index (κ1) is 15.8. The zero-order valence-electron chi connectivity index (χ0n) is 13.2. The summed E-state index contributed by atoms with van der Waals surface area (Å²) in [7, 11) is 4.29. The standard InChI is InChI=1S/C16H31N3O/c1-19(2)16(9-3-4-10-16)12-18-15(20)14-7-5-13(11-17)6-8-14/h13-14H,3-12,17H2,1-2H3,(H,18,20). The first-order chi connectivity index (χ1) is 9.57. The lowest BCUT2D eigenvalue weighted by Gasteiger charge is -2.37. The minimum Gasteiger partial charge on any atom is -0.354 e. The minimum atomic E-state index is 0.199. The molecule has 2 rings (SSSR count). The monoisotopic (exact) mass is 281 g/mol. The molecule has 3 N–H and O–H groups in total. The molecule has 0 aliphatic heterocycles. The molecule has 0 spiro atoms. The summed E-state index contributed by atoms with van der Waals surface area (Å²) in [4.78, 5) is 14.7. The predicted octanol–water partition coefficient (Wildman–Crippen LogP) is 1.74. The molecule has 2 fully saturated rings. The highest BCUT2D eigenvalue weighted by Crippen LogP contribution is 2.33. The van der Waals surface area contributed by atoms with E-state index >= 15 is 0 Å². The molecule has 116 valence electrons. The molecule has 0 radical (unpaired) electrons. The number of likely N-dealkylation sites (N-methyl/N-ethyl adjacent to an activating group) is 1. The van der Waals surface area contributed by atoms with E-state index in [1.807, 2.05) is 0 Å². The zero-order valence-corrected chi connectivity index (χ0v) is 13.2. The summed E-state index contributed by atoms with van der Waals surface area (Å²) in [6.45, 7) is 1.59. The van der Waals surface area contributed by atoms with Crippen LogP contribution in [0.15, 0.2) is 0 Å². The predicted molar refractivity (Wildman–Crippen MR) is 82.4 cm³/mol. The number of carbonyl (C=O) groups excluding carboxylic acids is 1. The molecular weight excluding hydrogens is 250 g/mol. The van der Waals surface area contributed by atoms with E-state index in [0.29, 0.717) is 5.92 Å². The average molecular weight is 281 g/mol. The Morgan fingerprint density at radius 3 is 2.30 bits per heavy atom. The Balaban J connectivity index is 1.80. The average Bonchev–Trinajstić information content (AvgIpc) is 2.95. The first-order valence-corrected chi connectivity index (χ1v) is 8.22. The summed E-state index contributed by atoms with van der Waals surface area (Å²) in [5, 5.41) is 3.24. The third-order valence-electron chi connectivity index (χ3n) is 5.63. The molecule has 2 aliphatic carbocycles. The van der Waals surface area contributed by atoms with E-state index in [1.165, 1.54) is 25.7 Å². The van der Waals surface area contributed by atoms with Crippen LogP contribution >= 0.6 is 0 Å². The lowest BCUT2D eigenvalue weighted by Crippen LogP contribution is -2.51. The smallest absolute Gasteiger partial charge is 0.223 e. The molecule has 0 aromatic carbocycles. The van der Waals surface area contributed by atoms with Crippen LogP contribution in [0.25, 0.3) is 0 Å². The van der Waals surface area contributed by atoms with Gasteiger partial charge >= 0.3 is 0 Å². The fourth-order valence-electron chi connectivity index (χ4n) is 3.87. The molecule has 0 aromatic rings. The van der Waals surface area contributed by atoms with Gasteiger partial charge in [0.1, 0.15) is 0 Å². The molecule has 0 heterocycles. The maximum atomic E-state index is 12.4. The van der Waals surface area contributed by atoms with Gasteiger partial charge in [-0.15, -0.1) is 0 Å². The summed E-state index contributed by atoms with van der Waals surface area (Å²) in [5.41, 5.74) is 5.91. The van der Waals surface area contributed by atoms with Gasteiger partial charge in [-0.3, -0.25) is 4.79 Å². The van der Waals surface area contributed by atoms with E-state index in [4.69, 9.17) is 5.73 Å². The minimum absolute atomic E-state index is 0.199. The van der Waals surface area contributed by atoms with Crippen molar-refractivity contribution in [2.75, 3.05) is 27.2 Å². The van der Waals surface area contributed by atoms with Crippen LogP contribution in [0.2, 0.25) is 0 Å². The lowest BCUT2D eigenvalue weighted by atomic mass is 9.81. The van der Waals surface area contributed by atoms with E-state index < -0.39 is 0 Å². The van der Waals surface area contributed by atoms with E-state index in [2.05, 4.69) is 24.3 Å². The second-order valence-electron chi connectivity index (χ2n) is 7.00. The van der Waals surface area contributed by atoms with Gasteiger partial charge in [-0.1, -0.05) is 12.8 Å². The van der Waals surface area contributed by atoms with E-state index in [9.17, 15) is 4.79 Å². The summed E-state index contributed by atoms with van der Waals surface area (Å²) in [6.07, 6.45) is 9.26. The van der Waals surface area contributed by atoms with Crippen molar-refractivity contribution in [1.29, 1.82) is 0 Å². The maximum absolute atomic E-state index is 12.4. The maximum Gasteiger partial charge on any atom is 0.223 e. The van der Waals surface area contributed by atoms with Crippen molar-refractivity contribution in [3.63, 3.8) is 0 Å². The van der Waals surface area contributed by atoms with Gasteiger partial charge in [0.25, 0.3) is 0 Å². The molecule has 0 bridgehead atoms. The Hall–Kier alpha value is -0.610. The molecule has 0 atom stereocenters. The second-order valence-corrected chi connectivity index (χ2v) is 7.00. The Kier molecular flexibility index (Phi) is 5.44. The van der Waals surface area contributed by atoms with Crippen LogP contribution in [0.4, 0.5) is 0 Å². The zero-order chi connectivity index (χ0) is 14.6. The van der Waals surface area contributed by atoms with E-state index in [-0.39, 0.29) is 17.4 Å². The van der Waals surface area contributed by atoms with Gasteiger partial charge in [0, 0.05) is 18.0 Å². The summed E-state index contributed by atoms with van der Waals surface area (Å²) in [5.74, 6) is 1.13. The molecule has 4 heteroatoms. The molecular formula is C16H31N3O. The summed E-state index contributed by atoms with van der Waals surface area (Å²) >= 11 is 0. The van der Waals surface area contributed by atoms with Gasteiger partial charge in [-0.05, 0) is 65.1 Å². The van der Waals surface area contributed by atoms with Crippen molar-refractivity contribution in [3.05, 3.63) is 0 Å². The van der Waals surface area contributed by atoms with Gasteiger partial charge in [-0.2, -0.15) is 0 Å². The van der Waals surface area contributed by atoms with Crippen LogP contribution < -0.4 is 11.1 Å². The third-order valence-corrected chi connectivity index (χ3v) is 5.63. The van der Waals surface area contributed by atoms with E-state index in [1.54, 1.807) is 0 Å². The quantitative estimate of drug-likeness (QED) is 0.807. The van der Waals surface area contributed by atoms with Crippen molar-refractivity contribution in [1.82, 2.24) is 10.2 Å². The second kappa shape index (κ2) is 6.90. The van der Waals surface area contributed by atoms with Crippen LogP contribution in [-0.2, 0) is 4.79 Å².